The summed E-state index contributed by atoms with van der Waals surface area (Å²) in [5, 5.41) is 18.6. The Balaban J connectivity index is 1.93. The van der Waals surface area contributed by atoms with Gasteiger partial charge in [-0.25, -0.2) is 0 Å². The smallest absolute Gasteiger partial charge is 0.303 e. The van der Waals surface area contributed by atoms with E-state index < -0.39 is 5.97 Å². The van der Waals surface area contributed by atoms with Crippen molar-refractivity contribution in [3.05, 3.63) is 95.6 Å². The third-order valence-electron chi connectivity index (χ3n) is 6.05. The van der Waals surface area contributed by atoms with Crippen LogP contribution in [0.1, 0.15) is 55.7 Å². The molecule has 0 heterocycles. The first-order valence-electron chi connectivity index (χ1n) is 10.7. The van der Waals surface area contributed by atoms with E-state index in [1.165, 1.54) is 5.56 Å². The van der Waals surface area contributed by atoms with Gasteiger partial charge in [0, 0.05) is 17.8 Å². The zero-order valence-corrected chi connectivity index (χ0v) is 18.1. The van der Waals surface area contributed by atoms with E-state index in [-0.39, 0.29) is 23.5 Å². The van der Waals surface area contributed by atoms with Crippen LogP contribution in [-0.2, 0) is 10.2 Å². The van der Waals surface area contributed by atoms with E-state index in [0.717, 1.165) is 23.3 Å². The summed E-state index contributed by atoms with van der Waals surface area (Å²) in [5.74, 6) is 0.263. The molecule has 0 saturated carbocycles. The minimum absolute atomic E-state index is 0.0848. The molecule has 31 heavy (non-hydrogen) atoms. The van der Waals surface area contributed by atoms with E-state index in [1.54, 1.807) is 12.1 Å². The third kappa shape index (κ3) is 5.46. The Kier molecular flexibility index (Phi) is 7.35. The van der Waals surface area contributed by atoms with Crippen molar-refractivity contribution in [1.82, 2.24) is 0 Å². The van der Waals surface area contributed by atoms with E-state index in [9.17, 15) is 9.90 Å². The highest BCUT2D eigenvalue weighted by atomic mass is 16.5. The minimum Gasteiger partial charge on any atom is -0.508 e. The summed E-state index contributed by atoms with van der Waals surface area (Å²) < 4.78 is 5.71. The highest BCUT2D eigenvalue weighted by Crippen LogP contribution is 2.46. The summed E-state index contributed by atoms with van der Waals surface area (Å²) in [7, 11) is 0. The summed E-state index contributed by atoms with van der Waals surface area (Å²) in [6, 6.07) is 26.1. The molecule has 0 spiro atoms. The lowest BCUT2D eigenvalue weighted by Gasteiger charge is -2.39. The average Bonchev–Trinajstić information content (AvgIpc) is 2.79. The fraction of sp³-hybridized carbons (Fsp3) is 0.296. The summed E-state index contributed by atoms with van der Waals surface area (Å²) in [5.41, 5.74) is 3.42. The number of phenolic OH excluding ortho intramolecular Hbond substituents is 1. The van der Waals surface area contributed by atoms with Crippen molar-refractivity contribution in [1.29, 1.82) is 0 Å². The van der Waals surface area contributed by atoms with Crippen molar-refractivity contribution in [2.75, 3.05) is 6.61 Å². The van der Waals surface area contributed by atoms with E-state index in [4.69, 9.17) is 9.84 Å². The predicted octanol–water partition coefficient (Wildman–Crippen LogP) is 6.14. The maximum atomic E-state index is 10.7. The lowest BCUT2D eigenvalue weighted by molar-refractivity contribution is -0.137. The maximum Gasteiger partial charge on any atom is 0.303 e. The molecule has 0 radical (unpaired) electrons. The molecular weight excluding hydrogens is 388 g/mol. The first kappa shape index (κ1) is 22.4. The van der Waals surface area contributed by atoms with Crippen LogP contribution >= 0.6 is 0 Å². The quantitative estimate of drug-likeness (QED) is 0.388. The van der Waals surface area contributed by atoms with Gasteiger partial charge in [-0.15, -0.1) is 0 Å². The molecule has 3 aromatic carbocycles. The van der Waals surface area contributed by atoms with Gasteiger partial charge in [-0.05, 0) is 53.8 Å². The van der Waals surface area contributed by atoms with Gasteiger partial charge < -0.3 is 14.9 Å². The number of hydrogen-bond acceptors (Lipinski definition) is 3. The number of rotatable bonds is 10. The summed E-state index contributed by atoms with van der Waals surface area (Å²) in [6.45, 7) is 4.88. The molecule has 0 aliphatic heterocycles. The molecular formula is C27H30O4. The zero-order chi connectivity index (χ0) is 22.3. The number of hydrogen-bond donors (Lipinski definition) is 2. The fourth-order valence-electron chi connectivity index (χ4n) is 4.16. The number of aromatic hydroxyl groups is 1. The Hall–Kier alpha value is -3.27. The molecule has 2 N–H and O–H groups in total. The molecule has 162 valence electrons. The summed E-state index contributed by atoms with van der Waals surface area (Å²) in [4.78, 5) is 10.7. The molecule has 0 aliphatic rings. The van der Waals surface area contributed by atoms with Crippen LogP contribution in [0.25, 0.3) is 0 Å². The van der Waals surface area contributed by atoms with Crippen LogP contribution in [0, 0.1) is 0 Å². The summed E-state index contributed by atoms with van der Waals surface area (Å²) >= 11 is 0. The fourth-order valence-corrected chi connectivity index (χ4v) is 4.16. The third-order valence-corrected chi connectivity index (χ3v) is 6.05. The van der Waals surface area contributed by atoms with Crippen LogP contribution in [0.4, 0.5) is 0 Å². The number of phenols is 1. The molecule has 0 unspecified atom stereocenters. The molecule has 0 amide bonds. The van der Waals surface area contributed by atoms with Gasteiger partial charge >= 0.3 is 5.97 Å². The Bertz CT molecular complexity index is 964. The molecule has 0 bridgehead atoms. The topological polar surface area (TPSA) is 66.8 Å². The second-order valence-electron chi connectivity index (χ2n) is 8.08. The first-order valence-corrected chi connectivity index (χ1v) is 10.7. The number of carbonyl (C=O) groups is 1. The second kappa shape index (κ2) is 10.2. The van der Waals surface area contributed by atoms with Crippen LogP contribution in [0.3, 0.4) is 0 Å². The van der Waals surface area contributed by atoms with Gasteiger partial charge in [-0.3, -0.25) is 4.79 Å². The molecule has 4 heteroatoms. The Morgan fingerprint density at radius 2 is 1.52 bits per heavy atom. The molecule has 0 aliphatic carbocycles. The lowest BCUT2D eigenvalue weighted by Crippen LogP contribution is -2.30. The van der Waals surface area contributed by atoms with Crippen molar-refractivity contribution in [3.63, 3.8) is 0 Å². The molecule has 2 atom stereocenters. The van der Waals surface area contributed by atoms with Gasteiger partial charge in [0.1, 0.15) is 11.5 Å². The van der Waals surface area contributed by atoms with Crippen molar-refractivity contribution in [2.45, 2.75) is 44.4 Å². The number of aliphatic carboxylic acids is 1. The van der Waals surface area contributed by atoms with E-state index in [2.05, 4.69) is 50.2 Å². The minimum atomic E-state index is -0.810. The zero-order valence-electron chi connectivity index (χ0n) is 18.1. The Morgan fingerprint density at radius 3 is 2.06 bits per heavy atom. The molecule has 3 rings (SSSR count). The average molecular weight is 419 g/mol. The SMILES string of the molecule is CC[C@](C)(c1ccccc1)[C@@H](c1ccc(O)cc1)c1ccc(OCCCC(=O)O)cc1. The van der Waals surface area contributed by atoms with Gasteiger partial charge in [0.15, 0.2) is 0 Å². The number of carboxylic acid groups (broad SMARTS) is 1. The highest BCUT2D eigenvalue weighted by molar-refractivity contribution is 5.66. The van der Waals surface area contributed by atoms with Gasteiger partial charge in [-0.1, -0.05) is 68.4 Å². The predicted molar refractivity (Wildman–Crippen MR) is 123 cm³/mol. The first-order chi connectivity index (χ1) is 14.9. The second-order valence-corrected chi connectivity index (χ2v) is 8.08. The van der Waals surface area contributed by atoms with Crippen LogP contribution < -0.4 is 4.74 Å². The summed E-state index contributed by atoms with van der Waals surface area (Å²) in [6.07, 6.45) is 1.53. The van der Waals surface area contributed by atoms with Gasteiger partial charge in [0.25, 0.3) is 0 Å². The highest BCUT2D eigenvalue weighted by Gasteiger charge is 2.36. The number of ether oxygens (including phenoxy) is 1. The standard InChI is InChI=1S/C27H30O4/c1-3-27(2,22-8-5-4-6-9-22)26(20-11-15-23(28)16-12-20)21-13-17-24(18-14-21)31-19-7-10-25(29)30/h4-6,8-9,11-18,26,28H,3,7,10,19H2,1-2H3,(H,29,30)/t26-,27+/m0/s1. The molecule has 0 saturated heterocycles. The van der Waals surface area contributed by atoms with Gasteiger partial charge in [-0.2, -0.15) is 0 Å². The van der Waals surface area contributed by atoms with Crippen molar-refractivity contribution < 1.29 is 19.7 Å². The Morgan fingerprint density at radius 1 is 0.935 bits per heavy atom. The number of carboxylic acids is 1. The number of benzene rings is 3. The molecule has 4 nitrogen and oxygen atoms in total. The van der Waals surface area contributed by atoms with Gasteiger partial charge in [0.2, 0.25) is 0 Å². The van der Waals surface area contributed by atoms with Crippen molar-refractivity contribution in [3.8, 4) is 11.5 Å². The van der Waals surface area contributed by atoms with Crippen LogP contribution in [0.15, 0.2) is 78.9 Å². The lowest BCUT2D eigenvalue weighted by atomic mass is 9.65. The molecule has 3 aromatic rings. The molecule has 0 fully saturated rings. The van der Waals surface area contributed by atoms with Crippen molar-refractivity contribution >= 4 is 5.97 Å². The Labute approximate surface area is 184 Å². The normalized spacial score (nSPS) is 13.9. The monoisotopic (exact) mass is 418 g/mol. The maximum absolute atomic E-state index is 10.7. The largest absolute Gasteiger partial charge is 0.508 e. The van der Waals surface area contributed by atoms with Crippen LogP contribution in [0.2, 0.25) is 0 Å². The van der Waals surface area contributed by atoms with E-state index in [0.29, 0.717) is 13.0 Å². The van der Waals surface area contributed by atoms with Crippen LogP contribution in [0.5, 0.6) is 11.5 Å². The van der Waals surface area contributed by atoms with Crippen molar-refractivity contribution in [2.24, 2.45) is 0 Å². The van der Waals surface area contributed by atoms with Crippen LogP contribution in [-0.4, -0.2) is 22.8 Å². The van der Waals surface area contributed by atoms with E-state index >= 15 is 0 Å². The van der Waals surface area contributed by atoms with E-state index in [1.807, 2.05) is 30.3 Å². The van der Waals surface area contributed by atoms with Gasteiger partial charge in [0.05, 0.1) is 6.61 Å². The molecule has 0 aromatic heterocycles.